The lowest BCUT2D eigenvalue weighted by Gasteiger charge is -2.12. The Bertz CT molecular complexity index is 744. The van der Waals surface area contributed by atoms with E-state index in [-0.39, 0.29) is 5.82 Å². The van der Waals surface area contributed by atoms with E-state index in [2.05, 4.69) is 10.9 Å². The summed E-state index contributed by atoms with van der Waals surface area (Å²) in [5, 5.41) is 0.355. The van der Waals surface area contributed by atoms with E-state index in [1.165, 1.54) is 10.8 Å². The van der Waals surface area contributed by atoms with Gasteiger partial charge in [-0.1, -0.05) is 23.6 Å². The third-order valence-electron chi connectivity index (χ3n) is 3.09. The monoisotopic (exact) mass is 362 g/mol. The third kappa shape index (κ3) is 7.75. The SMILES string of the molecule is C#CCN(C)CCCO/C=C(Cl)/C=C(\C=C/C)n1ccc(N)nc1=O. The highest BCUT2D eigenvalue weighted by Crippen LogP contribution is 2.12. The fourth-order valence-corrected chi connectivity index (χ4v) is 2.12. The summed E-state index contributed by atoms with van der Waals surface area (Å²) in [5.41, 5.74) is 5.58. The number of nitrogen functional groups attached to an aromatic ring is 1. The number of anilines is 1. The van der Waals surface area contributed by atoms with Gasteiger partial charge in [-0.25, -0.2) is 4.79 Å². The van der Waals surface area contributed by atoms with Gasteiger partial charge in [0, 0.05) is 12.7 Å². The molecule has 7 heteroatoms. The molecule has 0 saturated carbocycles. The maximum absolute atomic E-state index is 11.9. The molecule has 0 aliphatic heterocycles. The Hall–Kier alpha value is -2.49. The summed E-state index contributed by atoms with van der Waals surface area (Å²) in [6.07, 6.45) is 14.2. The van der Waals surface area contributed by atoms with Gasteiger partial charge in [-0.05, 0) is 38.6 Å². The highest BCUT2D eigenvalue weighted by molar-refractivity contribution is 6.31. The van der Waals surface area contributed by atoms with E-state index >= 15 is 0 Å². The van der Waals surface area contributed by atoms with Crippen molar-refractivity contribution >= 4 is 23.1 Å². The number of terminal acetylenes is 1. The van der Waals surface area contributed by atoms with Crippen molar-refractivity contribution in [3.05, 3.63) is 52.3 Å². The van der Waals surface area contributed by atoms with Crippen LogP contribution in [0.25, 0.3) is 5.70 Å². The second-order valence-corrected chi connectivity index (χ2v) is 5.68. The number of halogens is 1. The van der Waals surface area contributed by atoms with Crippen LogP contribution in [0.3, 0.4) is 0 Å². The van der Waals surface area contributed by atoms with Crippen molar-refractivity contribution in [3.8, 4) is 12.3 Å². The summed E-state index contributed by atoms with van der Waals surface area (Å²) in [6, 6.07) is 1.54. The van der Waals surface area contributed by atoms with Gasteiger partial charge in [-0.15, -0.1) is 6.42 Å². The molecule has 0 saturated heterocycles. The topological polar surface area (TPSA) is 73.4 Å². The fourth-order valence-electron chi connectivity index (χ4n) is 1.95. The second-order valence-electron chi connectivity index (χ2n) is 5.24. The third-order valence-corrected chi connectivity index (χ3v) is 3.28. The lowest BCUT2D eigenvalue weighted by molar-refractivity contribution is 0.224. The van der Waals surface area contributed by atoms with Crippen LogP contribution in [0.5, 0.6) is 0 Å². The number of nitrogens with zero attached hydrogens (tertiary/aromatic N) is 3. The van der Waals surface area contributed by atoms with Crippen molar-refractivity contribution < 1.29 is 4.74 Å². The molecule has 1 rings (SSSR count). The van der Waals surface area contributed by atoms with Crippen LogP contribution in [-0.4, -0.2) is 41.2 Å². The van der Waals surface area contributed by atoms with Gasteiger partial charge in [0.2, 0.25) is 0 Å². The lowest BCUT2D eigenvalue weighted by Crippen LogP contribution is -2.22. The lowest BCUT2D eigenvalue weighted by atomic mass is 10.3. The zero-order valence-corrected chi connectivity index (χ0v) is 15.2. The zero-order valence-electron chi connectivity index (χ0n) is 14.5. The standard InChI is InChI=1S/C18H23ClN4O2/c1-4-7-16(23-11-8-17(20)21-18(23)24)13-15(19)14-25-12-6-10-22(3)9-5-2/h2,4,7-8,11,13-14H,6,9-10,12H2,1,3H3,(H2,20,21,24)/b7-4-,15-14-,16-13+. The molecule has 0 aliphatic rings. The summed E-state index contributed by atoms with van der Waals surface area (Å²) in [5.74, 6) is 2.75. The molecule has 0 aromatic carbocycles. The summed E-state index contributed by atoms with van der Waals surface area (Å²) >= 11 is 6.16. The average Bonchev–Trinajstić information content (AvgIpc) is 2.54. The predicted octanol–water partition coefficient (Wildman–Crippen LogP) is 2.29. The Morgan fingerprint density at radius 3 is 3.00 bits per heavy atom. The van der Waals surface area contributed by atoms with E-state index in [1.807, 2.05) is 18.9 Å². The first-order valence-electron chi connectivity index (χ1n) is 7.77. The summed E-state index contributed by atoms with van der Waals surface area (Å²) in [6.45, 7) is 3.80. The quantitative estimate of drug-likeness (QED) is 0.316. The molecule has 134 valence electrons. The average molecular weight is 363 g/mol. The first-order valence-corrected chi connectivity index (χ1v) is 8.15. The Balaban J connectivity index is 2.72. The number of rotatable bonds is 9. The molecule has 1 aromatic rings. The van der Waals surface area contributed by atoms with Gasteiger partial charge < -0.3 is 10.5 Å². The highest BCUT2D eigenvalue weighted by Gasteiger charge is 2.03. The largest absolute Gasteiger partial charge is 0.500 e. The first-order chi connectivity index (χ1) is 12.0. The Morgan fingerprint density at radius 2 is 2.36 bits per heavy atom. The number of nitrogens with two attached hydrogens (primary N) is 1. The van der Waals surface area contributed by atoms with Gasteiger partial charge in [-0.2, -0.15) is 4.98 Å². The molecule has 6 nitrogen and oxygen atoms in total. The van der Waals surface area contributed by atoms with Crippen LogP contribution >= 0.6 is 11.6 Å². The fraction of sp³-hybridized carbons (Fsp3) is 0.333. The minimum absolute atomic E-state index is 0.167. The molecule has 0 bridgehead atoms. The number of aromatic nitrogens is 2. The molecule has 0 spiro atoms. The van der Waals surface area contributed by atoms with E-state index in [0.717, 1.165) is 13.0 Å². The number of hydrogen-bond acceptors (Lipinski definition) is 5. The maximum atomic E-state index is 11.9. The molecule has 1 heterocycles. The molecular weight excluding hydrogens is 340 g/mol. The van der Waals surface area contributed by atoms with Crippen molar-refractivity contribution in [2.24, 2.45) is 0 Å². The van der Waals surface area contributed by atoms with Gasteiger partial charge >= 0.3 is 5.69 Å². The molecule has 0 unspecified atom stereocenters. The van der Waals surface area contributed by atoms with Gasteiger partial charge in [0.25, 0.3) is 0 Å². The number of allylic oxidation sites excluding steroid dienone is 5. The molecular formula is C18H23ClN4O2. The van der Waals surface area contributed by atoms with Crippen molar-refractivity contribution in [2.45, 2.75) is 13.3 Å². The van der Waals surface area contributed by atoms with Crippen LogP contribution < -0.4 is 11.4 Å². The van der Waals surface area contributed by atoms with Gasteiger partial charge in [0.15, 0.2) is 0 Å². The van der Waals surface area contributed by atoms with E-state index in [4.69, 9.17) is 28.5 Å². The maximum Gasteiger partial charge on any atom is 0.354 e. The molecule has 25 heavy (non-hydrogen) atoms. The molecule has 0 amide bonds. The van der Waals surface area contributed by atoms with Gasteiger partial charge in [-0.3, -0.25) is 9.47 Å². The molecule has 2 N–H and O–H groups in total. The van der Waals surface area contributed by atoms with Crippen LogP contribution in [0.4, 0.5) is 5.82 Å². The van der Waals surface area contributed by atoms with Crippen LogP contribution in [0.2, 0.25) is 0 Å². The molecule has 0 fully saturated rings. The van der Waals surface area contributed by atoms with Crippen molar-refractivity contribution in [1.29, 1.82) is 0 Å². The van der Waals surface area contributed by atoms with Crippen LogP contribution in [0, 0.1) is 12.3 Å². The highest BCUT2D eigenvalue weighted by atomic mass is 35.5. The summed E-state index contributed by atoms with van der Waals surface area (Å²) in [4.78, 5) is 17.7. The van der Waals surface area contributed by atoms with Gasteiger partial charge in [0.05, 0.1) is 23.9 Å². The minimum Gasteiger partial charge on any atom is -0.500 e. The Morgan fingerprint density at radius 1 is 1.60 bits per heavy atom. The van der Waals surface area contributed by atoms with E-state index in [1.54, 1.807) is 30.5 Å². The van der Waals surface area contributed by atoms with E-state index in [9.17, 15) is 4.79 Å². The summed E-state index contributed by atoms with van der Waals surface area (Å²) < 4.78 is 6.77. The zero-order chi connectivity index (χ0) is 18.7. The second kappa shape index (κ2) is 11.1. The normalized spacial score (nSPS) is 12.6. The molecule has 0 atom stereocenters. The molecule has 1 aromatic heterocycles. The van der Waals surface area contributed by atoms with Crippen LogP contribution in [-0.2, 0) is 4.74 Å². The molecule has 0 aliphatic carbocycles. The van der Waals surface area contributed by atoms with Crippen molar-refractivity contribution in [2.75, 3.05) is 32.5 Å². The van der Waals surface area contributed by atoms with Crippen LogP contribution in [0.15, 0.2) is 46.6 Å². The van der Waals surface area contributed by atoms with Gasteiger partial charge in [0.1, 0.15) is 12.1 Å². The Labute approximate surface area is 153 Å². The number of ether oxygens (including phenoxy) is 1. The summed E-state index contributed by atoms with van der Waals surface area (Å²) in [7, 11) is 1.95. The molecule has 0 radical (unpaired) electrons. The van der Waals surface area contributed by atoms with E-state index in [0.29, 0.717) is 23.9 Å². The van der Waals surface area contributed by atoms with Crippen molar-refractivity contribution in [3.63, 3.8) is 0 Å². The van der Waals surface area contributed by atoms with E-state index < -0.39 is 5.69 Å². The first kappa shape index (κ1) is 20.6. The smallest absolute Gasteiger partial charge is 0.354 e. The number of hydrogen-bond donors (Lipinski definition) is 1. The minimum atomic E-state index is -0.480. The van der Waals surface area contributed by atoms with Crippen molar-refractivity contribution in [1.82, 2.24) is 14.5 Å². The Kier molecular flexibility index (Phi) is 9.15. The van der Waals surface area contributed by atoms with Crippen LogP contribution in [0.1, 0.15) is 13.3 Å². The predicted molar refractivity (Wildman–Crippen MR) is 103 cm³/mol.